The fourth-order valence-corrected chi connectivity index (χ4v) is 0.851. The number of aromatic nitrogens is 1. The molecule has 0 saturated heterocycles. The molecule has 0 atom stereocenters. The summed E-state index contributed by atoms with van der Waals surface area (Å²) in [5.74, 6) is 0. The molecule has 0 aromatic carbocycles. The van der Waals surface area contributed by atoms with Gasteiger partial charge in [0.2, 0.25) is 0 Å². The number of hydrogen-bond donors (Lipinski definition) is 2. The molecule has 0 fully saturated rings. The lowest BCUT2D eigenvalue weighted by atomic mass is 9.80. The van der Waals surface area contributed by atoms with Gasteiger partial charge in [-0.15, -0.1) is 12.4 Å². The fourth-order valence-electron chi connectivity index (χ4n) is 0.851. The van der Waals surface area contributed by atoms with Gasteiger partial charge in [0.1, 0.15) is 0 Å². The zero-order valence-corrected chi connectivity index (χ0v) is 7.58. The van der Waals surface area contributed by atoms with Crippen LogP contribution in [0.1, 0.15) is 12.6 Å². The van der Waals surface area contributed by atoms with E-state index >= 15 is 0 Å². The molecule has 1 aromatic heterocycles. The lowest BCUT2D eigenvalue weighted by molar-refractivity contribution is 0.425. The average Bonchev–Trinajstić information content (AvgIpc) is 2.05. The van der Waals surface area contributed by atoms with Crippen molar-refractivity contribution in [3.8, 4) is 0 Å². The number of aryl methyl sites for hydroxylation is 1. The van der Waals surface area contributed by atoms with Gasteiger partial charge >= 0.3 is 7.12 Å². The summed E-state index contributed by atoms with van der Waals surface area (Å²) in [5.41, 5.74) is 1.37. The van der Waals surface area contributed by atoms with Gasteiger partial charge < -0.3 is 10.0 Å². The summed E-state index contributed by atoms with van der Waals surface area (Å²) in [6, 6.07) is 3.27. The highest BCUT2D eigenvalue weighted by Crippen LogP contribution is 1.91. The molecule has 0 radical (unpaired) electrons. The van der Waals surface area contributed by atoms with Gasteiger partial charge in [0, 0.05) is 11.9 Å². The molecule has 0 aliphatic rings. The van der Waals surface area contributed by atoms with E-state index in [4.69, 9.17) is 10.0 Å². The summed E-state index contributed by atoms with van der Waals surface area (Å²) in [4.78, 5) is 4.02. The SMILES string of the molecule is CCc1cc(B(O)O)ccn1.Cl. The first-order valence-corrected chi connectivity index (χ1v) is 3.55. The molecule has 0 aliphatic heterocycles. The second-order valence-electron chi connectivity index (χ2n) is 2.31. The molecule has 0 bridgehead atoms. The summed E-state index contributed by atoms with van der Waals surface area (Å²) in [6.07, 6.45) is 2.38. The predicted molar refractivity (Wildman–Crippen MR) is 50.7 cm³/mol. The molecule has 12 heavy (non-hydrogen) atoms. The maximum atomic E-state index is 8.77. The van der Waals surface area contributed by atoms with Crippen molar-refractivity contribution in [2.45, 2.75) is 13.3 Å². The van der Waals surface area contributed by atoms with E-state index < -0.39 is 7.12 Å². The number of hydrogen-bond acceptors (Lipinski definition) is 3. The van der Waals surface area contributed by atoms with Crippen molar-refractivity contribution in [1.82, 2.24) is 4.98 Å². The Morgan fingerprint density at radius 2 is 2.17 bits per heavy atom. The number of nitrogens with zero attached hydrogens (tertiary/aromatic N) is 1. The maximum absolute atomic E-state index is 8.77. The Balaban J connectivity index is 0.00000121. The molecule has 2 N–H and O–H groups in total. The summed E-state index contributed by atoms with van der Waals surface area (Å²) in [7, 11) is -1.39. The average molecular weight is 187 g/mol. The van der Waals surface area contributed by atoms with Crippen molar-refractivity contribution in [3.05, 3.63) is 24.0 Å². The topological polar surface area (TPSA) is 53.4 Å². The molecule has 0 aliphatic carbocycles. The molecule has 3 nitrogen and oxygen atoms in total. The zero-order valence-electron chi connectivity index (χ0n) is 6.77. The molecule has 1 aromatic rings. The highest BCUT2D eigenvalue weighted by atomic mass is 35.5. The molecule has 5 heteroatoms. The molecule has 0 unspecified atom stereocenters. The second-order valence-corrected chi connectivity index (χ2v) is 2.31. The lowest BCUT2D eigenvalue weighted by Crippen LogP contribution is -2.30. The minimum Gasteiger partial charge on any atom is -0.423 e. The molecular weight excluding hydrogens is 176 g/mol. The Labute approximate surface area is 78.0 Å². The van der Waals surface area contributed by atoms with E-state index in [-0.39, 0.29) is 12.4 Å². The standard InChI is InChI=1S/C7H10BNO2.ClH/c1-2-7-5-6(8(10)11)3-4-9-7;/h3-5,10-11H,2H2,1H3;1H. The Morgan fingerprint density at radius 3 is 2.67 bits per heavy atom. The third-order valence-electron chi connectivity index (χ3n) is 1.50. The Hall–Kier alpha value is -0.575. The molecule has 66 valence electrons. The van der Waals surface area contributed by atoms with Crippen LogP contribution in [0.4, 0.5) is 0 Å². The van der Waals surface area contributed by atoms with Crippen LogP contribution >= 0.6 is 12.4 Å². The van der Waals surface area contributed by atoms with Crippen molar-refractivity contribution in [2.24, 2.45) is 0 Å². The normalized spacial score (nSPS) is 8.92. The fraction of sp³-hybridized carbons (Fsp3) is 0.286. The first kappa shape index (κ1) is 11.4. The van der Waals surface area contributed by atoms with Gasteiger partial charge in [0.05, 0.1) is 0 Å². The van der Waals surface area contributed by atoms with Gasteiger partial charge in [-0.3, -0.25) is 4.98 Å². The molecule has 1 heterocycles. The van der Waals surface area contributed by atoms with Crippen LogP contribution in [0.3, 0.4) is 0 Å². The van der Waals surface area contributed by atoms with Gasteiger partial charge in [0.25, 0.3) is 0 Å². The van der Waals surface area contributed by atoms with E-state index in [9.17, 15) is 0 Å². The Bertz CT molecular complexity index is 245. The zero-order chi connectivity index (χ0) is 8.27. The number of pyridine rings is 1. The van der Waals surface area contributed by atoms with Crippen molar-refractivity contribution >= 4 is 25.0 Å². The molecular formula is C7H11BClNO2. The maximum Gasteiger partial charge on any atom is 0.488 e. The van der Waals surface area contributed by atoms with E-state index in [1.807, 2.05) is 6.92 Å². The van der Waals surface area contributed by atoms with E-state index in [0.29, 0.717) is 5.46 Å². The van der Waals surface area contributed by atoms with Crippen LogP contribution in [0.15, 0.2) is 18.3 Å². The van der Waals surface area contributed by atoms with Gasteiger partial charge in [-0.05, 0) is 24.0 Å². The van der Waals surface area contributed by atoms with Crippen LogP contribution in [0.25, 0.3) is 0 Å². The molecule has 1 rings (SSSR count). The Kier molecular flexibility index (Phi) is 4.89. The van der Waals surface area contributed by atoms with Crippen molar-refractivity contribution in [1.29, 1.82) is 0 Å². The van der Waals surface area contributed by atoms with Gasteiger partial charge in [-0.25, -0.2) is 0 Å². The van der Waals surface area contributed by atoms with Crippen LogP contribution in [0, 0.1) is 0 Å². The number of rotatable bonds is 2. The first-order chi connectivity index (χ1) is 5.24. The smallest absolute Gasteiger partial charge is 0.423 e. The van der Waals surface area contributed by atoms with E-state index in [1.54, 1.807) is 18.3 Å². The van der Waals surface area contributed by atoms with Crippen molar-refractivity contribution in [3.63, 3.8) is 0 Å². The van der Waals surface area contributed by atoms with Gasteiger partial charge in [0.15, 0.2) is 0 Å². The minimum absolute atomic E-state index is 0. The molecule has 0 spiro atoms. The highest BCUT2D eigenvalue weighted by Gasteiger charge is 2.10. The first-order valence-electron chi connectivity index (χ1n) is 3.55. The van der Waals surface area contributed by atoms with Crippen LogP contribution in [-0.4, -0.2) is 22.2 Å². The quantitative estimate of drug-likeness (QED) is 0.628. The van der Waals surface area contributed by atoms with Crippen molar-refractivity contribution in [2.75, 3.05) is 0 Å². The third-order valence-corrected chi connectivity index (χ3v) is 1.50. The van der Waals surface area contributed by atoms with E-state index in [1.165, 1.54) is 0 Å². The van der Waals surface area contributed by atoms with Crippen molar-refractivity contribution < 1.29 is 10.0 Å². The molecule has 0 saturated carbocycles. The summed E-state index contributed by atoms with van der Waals surface area (Å²) < 4.78 is 0. The van der Waals surface area contributed by atoms with Crippen LogP contribution in [0.5, 0.6) is 0 Å². The van der Waals surface area contributed by atoms with E-state index in [2.05, 4.69) is 4.98 Å². The van der Waals surface area contributed by atoms with Crippen LogP contribution in [-0.2, 0) is 6.42 Å². The van der Waals surface area contributed by atoms with Gasteiger partial charge in [-0.2, -0.15) is 0 Å². The molecule has 0 amide bonds. The van der Waals surface area contributed by atoms with Gasteiger partial charge in [-0.1, -0.05) is 6.92 Å². The van der Waals surface area contributed by atoms with E-state index in [0.717, 1.165) is 12.1 Å². The summed E-state index contributed by atoms with van der Waals surface area (Å²) in [5, 5.41) is 17.5. The lowest BCUT2D eigenvalue weighted by Gasteiger charge is -1.99. The summed E-state index contributed by atoms with van der Waals surface area (Å²) in [6.45, 7) is 1.97. The monoisotopic (exact) mass is 187 g/mol. The highest BCUT2D eigenvalue weighted by molar-refractivity contribution is 6.58. The third kappa shape index (κ3) is 2.81. The minimum atomic E-state index is -1.39. The summed E-state index contributed by atoms with van der Waals surface area (Å²) >= 11 is 0. The number of halogens is 1. The second kappa shape index (κ2) is 5.14. The predicted octanol–water partition coefficient (Wildman–Crippen LogP) is -0.254. The largest absolute Gasteiger partial charge is 0.488 e. The van der Waals surface area contributed by atoms with Crippen LogP contribution in [0.2, 0.25) is 0 Å². The van der Waals surface area contributed by atoms with Crippen LogP contribution < -0.4 is 5.46 Å². The Morgan fingerprint density at radius 1 is 1.50 bits per heavy atom.